The zero-order valence-corrected chi connectivity index (χ0v) is 14.8. The van der Waals surface area contributed by atoms with Gasteiger partial charge in [0.25, 0.3) is 0 Å². The highest BCUT2D eigenvalue weighted by molar-refractivity contribution is 7.17. The molecule has 1 N–H and O–H groups in total. The molecule has 3 aromatic rings. The number of carbonyl (C=O) groups excluding carboxylic acids is 1. The third kappa shape index (κ3) is 4.56. The van der Waals surface area contributed by atoms with E-state index in [1.165, 1.54) is 42.4 Å². The van der Waals surface area contributed by atoms with Crippen LogP contribution in [0.4, 0.5) is 24.4 Å². The molecule has 0 radical (unpaired) electrons. The van der Waals surface area contributed by atoms with Gasteiger partial charge in [0.1, 0.15) is 17.4 Å². The minimum atomic E-state index is -0.598. The van der Waals surface area contributed by atoms with Gasteiger partial charge in [0.15, 0.2) is 5.13 Å². The third-order valence-corrected chi connectivity index (χ3v) is 4.21. The number of anilines is 2. The fourth-order valence-corrected chi connectivity index (χ4v) is 2.82. The number of nitrogens with zero attached hydrogens (tertiary/aromatic N) is 3. The molecule has 0 fully saturated rings. The lowest BCUT2D eigenvalue weighted by Gasteiger charge is -2.16. The monoisotopic (exact) mass is 386 g/mol. The molecule has 3 rings (SSSR count). The van der Waals surface area contributed by atoms with E-state index in [1.54, 1.807) is 6.07 Å². The molecule has 0 saturated carbocycles. The number of hydrogen-bond acceptors (Lipinski definition) is 5. The smallest absolute Gasteiger partial charge is 0.327 e. The average Bonchev–Trinajstić information content (AvgIpc) is 3.07. The molecule has 27 heavy (non-hydrogen) atoms. The zero-order chi connectivity index (χ0) is 19.4. The van der Waals surface area contributed by atoms with Crippen molar-refractivity contribution in [2.75, 3.05) is 17.3 Å². The maximum atomic E-state index is 13.4. The molecule has 0 spiro atoms. The summed E-state index contributed by atoms with van der Waals surface area (Å²) in [5.74, 6) is -0.910. The highest BCUT2D eigenvalue weighted by atomic mass is 32.1. The van der Waals surface area contributed by atoms with Gasteiger partial charge in [0.2, 0.25) is 5.06 Å². The molecule has 1 heterocycles. The van der Waals surface area contributed by atoms with E-state index in [1.807, 2.05) is 6.07 Å². The Balaban J connectivity index is 1.68. The second-order valence-corrected chi connectivity index (χ2v) is 6.34. The molecular formula is C18H12F2N4O2S. The van der Waals surface area contributed by atoms with Gasteiger partial charge < -0.3 is 4.74 Å². The van der Waals surface area contributed by atoms with Crippen molar-refractivity contribution in [1.29, 1.82) is 5.26 Å². The third-order valence-electron chi connectivity index (χ3n) is 3.42. The Hall–Kier alpha value is -3.51. The Kier molecular flexibility index (Phi) is 5.28. The quantitative estimate of drug-likeness (QED) is 0.702. The van der Waals surface area contributed by atoms with Gasteiger partial charge in [-0.1, -0.05) is 17.4 Å². The lowest BCUT2D eigenvalue weighted by atomic mass is 10.2. The van der Waals surface area contributed by atoms with Gasteiger partial charge in [-0.2, -0.15) is 5.26 Å². The van der Waals surface area contributed by atoms with Crippen LogP contribution in [0.25, 0.3) is 0 Å². The lowest BCUT2D eigenvalue weighted by molar-refractivity contribution is 0.258. The maximum absolute atomic E-state index is 13.4. The minimum absolute atomic E-state index is 0.125. The summed E-state index contributed by atoms with van der Waals surface area (Å²) < 4.78 is 32.2. The molecule has 2 aromatic carbocycles. The van der Waals surface area contributed by atoms with Crippen molar-refractivity contribution in [2.24, 2.45) is 0 Å². The van der Waals surface area contributed by atoms with Crippen LogP contribution in [0.15, 0.2) is 48.7 Å². The van der Waals surface area contributed by atoms with Gasteiger partial charge in [0, 0.05) is 18.8 Å². The van der Waals surface area contributed by atoms with Crippen LogP contribution in [0.5, 0.6) is 10.8 Å². The van der Waals surface area contributed by atoms with E-state index in [-0.39, 0.29) is 16.4 Å². The van der Waals surface area contributed by atoms with Crippen LogP contribution < -0.4 is 15.0 Å². The number of benzene rings is 2. The summed E-state index contributed by atoms with van der Waals surface area (Å²) in [6.07, 6.45) is 1.36. The van der Waals surface area contributed by atoms with Crippen molar-refractivity contribution >= 4 is 28.2 Å². The molecule has 0 atom stereocenters. The molecule has 9 heteroatoms. The minimum Gasteiger partial charge on any atom is -0.445 e. The molecule has 1 aromatic heterocycles. The predicted octanol–water partition coefficient (Wildman–Crippen LogP) is 4.75. The highest BCUT2D eigenvalue weighted by Crippen LogP contribution is 2.31. The largest absolute Gasteiger partial charge is 0.445 e. The Labute approximate surface area is 157 Å². The summed E-state index contributed by atoms with van der Waals surface area (Å²) in [6, 6.07) is 10.5. The molecule has 0 aliphatic carbocycles. The lowest BCUT2D eigenvalue weighted by Crippen LogP contribution is -2.31. The standard InChI is InChI=1S/C18H12F2N4O2S/c1-24(14-4-2-3-12(19)7-14)18(25)23-17-22-10-16(27-17)26-15-6-11(9-21)5-13(20)8-15/h2-8,10H,1H3,(H,22,23,25). The molecule has 0 bridgehead atoms. The van der Waals surface area contributed by atoms with Gasteiger partial charge in [-0.25, -0.2) is 18.6 Å². The second-order valence-electron chi connectivity index (χ2n) is 5.34. The molecule has 0 aliphatic rings. The van der Waals surface area contributed by atoms with Crippen molar-refractivity contribution in [1.82, 2.24) is 4.98 Å². The number of thiazole rings is 1. The van der Waals surface area contributed by atoms with Crippen LogP contribution in [0.2, 0.25) is 0 Å². The SMILES string of the molecule is CN(C(=O)Nc1ncc(Oc2cc(F)cc(C#N)c2)s1)c1cccc(F)c1. The van der Waals surface area contributed by atoms with E-state index < -0.39 is 17.7 Å². The number of nitrogens with one attached hydrogen (secondary N) is 1. The first-order chi connectivity index (χ1) is 12.9. The number of hydrogen-bond donors (Lipinski definition) is 1. The fraction of sp³-hybridized carbons (Fsp3) is 0.0556. The first-order valence-electron chi connectivity index (χ1n) is 7.59. The number of rotatable bonds is 4. The second kappa shape index (κ2) is 7.80. The average molecular weight is 386 g/mol. The molecular weight excluding hydrogens is 374 g/mol. The Bertz CT molecular complexity index is 1030. The fourth-order valence-electron chi connectivity index (χ4n) is 2.14. The number of ether oxygens (including phenoxy) is 1. The Morgan fingerprint density at radius 3 is 2.81 bits per heavy atom. The summed E-state index contributed by atoms with van der Waals surface area (Å²) in [5, 5.41) is 12.0. The first kappa shape index (κ1) is 18.3. The Morgan fingerprint density at radius 2 is 2.07 bits per heavy atom. The summed E-state index contributed by atoms with van der Waals surface area (Å²) in [6.45, 7) is 0. The van der Waals surface area contributed by atoms with Crippen molar-refractivity contribution in [3.63, 3.8) is 0 Å². The van der Waals surface area contributed by atoms with E-state index >= 15 is 0 Å². The number of nitriles is 1. The van der Waals surface area contributed by atoms with Crippen molar-refractivity contribution in [2.45, 2.75) is 0 Å². The summed E-state index contributed by atoms with van der Waals surface area (Å²) in [5.41, 5.74) is 0.504. The van der Waals surface area contributed by atoms with Crippen molar-refractivity contribution in [3.8, 4) is 16.9 Å². The van der Waals surface area contributed by atoms with Gasteiger partial charge in [-0.3, -0.25) is 10.2 Å². The van der Waals surface area contributed by atoms with Gasteiger partial charge in [0.05, 0.1) is 17.8 Å². The summed E-state index contributed by atoms with van der Waals surface area (Å²) in [4.78, 5) is 17.5. The molecule has 2 amide bonds. The predicted molar refractivity (Wildman–Crippen MR) is 97.1 cm³/mol. The van der Waals surface area contributed by atoms with Gasteiger partial charge in [-0.15, -0.1) is 0 Å². The normalized spacial score (nSPS) is 10.1. The van der Waals surface area contributed by atoms with Gasteiger partial charge in [-0.05, 0) is 30.3 Å². The van der Waals surface area contributed by atoms with Crippen LogP contribution in [0.1, 0.15) is 5.56 Å². The molecule has 0 unspecified atom stereocenters. The highest BCUT2D eigenvalue weighted by Gasteiger charge is 2.14. The van der Waals surface area contributed by atoms with Crippen LogP contribution in [-0.4, -0.2) is 18.1 Å². The van der Waals surface area contributed by atoms with Crippen LogP contribution in [0.3, 0.4) is 0 Å². The van der Waals surface area contributed by atoms with Crippen LogP contribution in [-0.2, 0) is 0 Å². The van der Waals surface area contributed by atoms with E-state index in [4.69, 9.17) is 10.00 Å². The van der Waals surface area contributed by atoms with Crippen LogP contribution >= 0.6 is 11.3 Å². The molecule has 136 valence electrons. The number of urea groups is 1. The summed E-state index contributed by atoms with van der Waals surface area (Å²) >= 11 is 1.02. The first-order valence-corrected chi connectivity index (χ1v) is 8.41. The van der Waals surface area contributed by atoms with Crippen molar-refractivity contribution in [3.05, 3.63) is 65.9 Å². The van der Waals surface area contributed by atoms with Crippen LogP contribution in [0, 0.1) is 23.0 Å². The Morgan fingerprint density at radius 1 is 1.26 bits per heavy atom. The number of aromatic nitrogens is 1. The maximum Gasteiger partial charge on any atom is 0.327 e. The number of amides is 2. The summed E-state index contributed by atoms with van der Waals surface area (Å²) in [7, 11) is 1.49. The number of carbonyl (C=O) groups is 1. The van der Waals surface area contributed by atoms with Crippen molar-refractivity contribution < 1.29 is 18.3 Å². The van der Waals surface area contributed by atoms with E-state index in [0.29, 0.717) is 10.8 Å². The molecule has 0 aliphatic heterocycles. The molecule has 0 saturated heterocycles. The molecule has 6 nitrogen and oxygen atoms in total. The topological polar surface area (TPSA) is 78.2 Å². The van der Waals surface area contributed by atoms with E-state index in [9.17, 15) is 13.6 Å². The van der Waals surface area contributed by atoms with E-state index in [0.717, 1.165) is 23.5 Å². The number of halogens is 2. The zero-order valence-electron chi connectivity index (χ0n) is 13.9. The van der Waals surface area contributed by atoms with E-state index in [2.05, 4.69) is 10.3 Å². The van der Waals surface area contributed by atoms with Gasteiger partial charge >= 0.3 is 6.03 Å².